The van der Waals surface area contributed by atoms with E-state index in [4.69, 9.17) is 10.2 Å². The fourth-order valence-electron chi connectivity index (χ4n) is 0.192. The Morgan fingerprint density at radius 2 is 0.650 bits per heavy atom. The third kappa shape index (κ3) is 22.1. The number of aliphatic hydroxyl groups is 2. The second kappa shape index (κ2) is 20.8. The van der Waals surface area contributed by atoms with Crippen LogP contribution in [0.2, 0.25) is 0 Å². The molecule has 20 heavy (non-hydrogen) atoms. The Labute approximate surface area is 201 Å². The van der Waals surface area contributed by atoms with Gasteiger partial charge in [-0.05, 0) is 0 Å². The largest absolute Gasteiger partial charge is 1.00 e. The number of rotatable bonds is 4. The summed E-state index contributed by atoms with van der Waals surface area (Å²) in [5.74, 6) is -8.26. The smallest absolute Gasteiger partial charge is 0.547 e. The molecular formula is C6H4Na4O10. The molecule has 0 atom stereocenters. The van der Waals surface area contributed by atoms with E-state index >= 15 is 0 Å². The normalized spacial score (nSPS) is 7.40. The molecule has 92 valence electrons. The number of hydrogen-bond acceptors (Lipinski definition) is 10. The molecule has 0 saturated carbocycles. The van der Waals surface area contributed by atoms with Crippen molar-refractivity contribution in [3.05, 3.63) is 0 Å². The third-order valence-electron chi connectivity index (χ3n) is 0.893. The monoisotopic (exact) mass is 328 g/mol. The van der Waals surface area contributed by atoms with E-state index in [0.717, 1.165) is 0 Å². The molecule has 0 amide bonds. The van der Waals surface area contributed by atoms with Crippen LogP contribution in [-0.2, 0) is 19.2 Å². The molecule has 0 heterocycles. The molecule has 0 unspecified atom stereocenters. The molecule has 2 N–H and O–H groups in total. The fourth-order valence-corrected chi connectivity index (χ4v) is 0.192. The number of aliphatic carboxylic acids is 4. The van der Waals surface area contributed by atoms with Crippen LogP contribution in [0, 0.1) is 0 Å². The van der Waals surface area contributed by atoms with Gasteiger partial charge in [0.25, 0.3) is 0 Å². The van der Waals surface area contributed by atoms with Gasteiger partial charge in [-0.3, -0.25) is 0 Å². The first-order valence-corrected chi connectivity index (χ1v) is 3.30. The zero-order chi connectivity index (χ0) is 13.5. The van der Waals surface area contributed by atoms with Crippen molar-refractivity contribution in [2.24, 2.45) is 0 Å². The Morgan fingerprint density at radius 3 is 0.650 bits per heavy atom. The Bertz CT molecular complexity index is 250. The Kier molecular flexibility index (Phi) is 39.3. The molecule has 0 aromatic heterocycles. The minimum absolute atomic E-state index is 0. The van der Waals surface area contributed by atoms with Crippen molar-refractivity contribution >= 4 is 23.9 Å². The quantitative estimate of drug-likeness (QED) is 0.368. The van der Waals surface area contributed by atoms with Crippen molar-refractivity contribution in [2.75, 3.05) is 0 Å². The molecule has 0 rings (SSSR count). The number of carbonyl (C=O) groups is 4. The molecule has 0 aliphatic carbocycles. The zero-order valence-electron chi connectivity index (χ0n) is 11.3. The van der Waals surface area contributed by atoms with Gasteiger partial charge in [0.2, 0.25) is 0 Å². The molecule has 0 aromatic rings. The molecule has 0 aliphatic heterocycles. The number of aliphatic hydroxyl groups excluding tert-OH is 2. The van der Waals surface area contributed by atoms with E-state index in [1.807, 2.05) is 0 Å². The van der Waals surface area contributed by atoms with Gasteiger partial charge >= 0.3 is 118 Å². The van der Waals surface area contributed by atoms with Gasteiger partial charge in [0, 0.05) is 0 Å². The van der Waals surface area contributed by atoms with Crippen molar-refractivity contribution in [3.63, 3.8) is 0 Å². The molecule has 0 bridgehead atoms. The summed E-state index contributed by atoms with van der Waals surface area (Å²) in [5.41, 5.74) is 0. The van der Waals surface area contributed by atoms with E-state index in [9.17, 15) is 39.6 Å². The van der Waals surface area contributed by atoms with E-state index in [2.05, 4.69) is 0 Å². The van der Waals surface area contributed by atoms with Crippen LogP contribution in [-0.4, -0.2) is 46.3 Å². The average Bonchev–Trinajstić information content (AvgIpc) is 2.15. The number of carbonyl (C=O) groups excluding carboxylic acids is 4. The number of carboxylic acids is 4. The maximum absolute atomic E-state index is 9.36. The molecule has 10 nitrogen and oxygen atoms in total. The van der Waals surface area contributed by atoms with E-state index in [0.29, 0.717) is 0 Å². The first-order chi connectivity index (χ1) is 7.11. The van der Waals surface area contributed by atoms with Crippen molar-refractivity contribution in [2.45, 2.75) is 12.2 Å². The number of carboxylic acid groups (broad SMARTS) is 4. The van der Waals surface area contributed by atoms with Crippen molar-refractivity contribution in [3.8, 4) is 0 Å². The van der Waals surface area contributed by atoms with Crippen molar-refractivity contribution in [1.82, 2.24) is 0 Å². The zero-order valence-corrected chi connectivity index (χ0v) is 19.3. The van der Waals surface area contributed by atoms with Crippen molar-refractivity contribution in [1.29, 1.82) is 0 Å². The van der Waals surface area contributed by atoms with E-state index in [1.54, 1.807) is 0 Å². The van der Waals surface area contributed by atoms with E-state index in [1.165, 1.54) is 0 Å². The molecule has 0 radical (unpaired) electrons. The fraction of sp³-hybridized carbons (Fsp3) is 0.333. The van der Waals surface area contributed by atoms with Crippen LogP contribution in [0.5, 0.6) is 0 Å². The average molecular weight is 328 g/mol. The summed E-state index contributed by atoms with van der Waals surface area (Å²) in [7, 11) is 0. The molecule has 0 aromatic carbocycles. The molecule has 0 saturated heterocycles. The van der Waals surface area contributed by atoms with Gasteiger partial charge in [-0.25, -0.2) is 0 Å². The Balaban J connectivity index is -0.0000000408. The van der Waals surface area contributed by atoms with Crippen LogP contribution in [0.25, 0.3) is 0 Å². The van der Waals surface area contributed by atoms with E-state index < -0.39 is 36.1 Å². The van der Waals surface area contributed by atoms with Crippen LogP contribution in [0.4, 0.5) is 0 Å². The minimum Gasteiger partial charge on any atom is -0.547 e. The predicted octanol–water partition coefficient (Wildman–Crippen LogP) is -20.3. The molecule has 0 aliphatic rings. The maximum atomic E-state index is 9.36. The number of hydrogen-bond donors (Lipinski definition) is 2. The van der Waals surface area contributed by atoms with Crippen molar-refractivity contribution < 1.29 is 168 Å². The minimum atomic E-state index is -2.52. The molecule has 14 heteroatoms. The van der Waals surface area contributed by atoms with Crippen LogP contribution < -0.4 is 139 Å². The van der Waals surface area contributed by atoms with Crippen LogP contribution in [0.15, 0.2) is 0 Å². The Hall–Kier alpha value is 1.80. The molecule has 0 spiro atoms. The van der Waals surface area contributed by atoms with Gasteiger partial charge in [-0.15, -0.1) is 0 Å². The Morgan fingerprint density at radius 1 is 0.550 bits per heavy atom. The summed E-state index contributed by atoms with van der Waals surface area (Å²) in [6.45, 7) is 0. The summed E-state index contributed by atoms with van der Waals surface area (Å²) >= 11 is 0. The summed E-state index contributed by atoms with van der Waals surface area (Å²) < 4.78 is 0. The summed E-state index contributed by atoms with van der Waals surface area (Å²) in [6.07, 6.45) is -5.04. The summed E-state index contributed by atoms with van der Waals surface area (Å²) in [4.78, 5) is 37.4. The van der Waals surface area contributed by atoms with Crippen LogP contribution >= 0.6 is 0 Å². The second-order valence-electron chi connectivity index (χ2n) is 2.08. The molecule has 0 fully saturated rings. The van der Waals surface area contributed by atoms with Gasteiger partial charge in [-0.2, -0.15) is 0 Å². The summed E-state index contributed by atoms with van der Waals surface area (Å²) in [6, 6.07) is 0. The first kappa shape index (κ1) is 37.8. The van der Waals surface area contributed by atoms with Crippen LogP contribution in [0.1, 0.15) is 0 Å². The van der Waals surface area contributed by atoms with Gasteiger partial charge in [0.05, 0.1) is 23.9 Å². The standard InChI is InChI=1S/2C3H4O5.4Na/c2*4-1(2(5)6)3(7)8;;;;/h2*1,4H,(H,5,6)(H,7,8);;;;/q;;4*+1/p-4. The maximum Gasteiger partial charge on any atom is 1.00 e. The SMILES string of the molecule is O=C([O-])C(O)C(=O)[O-].O=C([O-])C(O)C(=O)[O-].[Na+].[Na+].[Na+].[Na+]. The summed E-state index contributed by atoms with van der Waals surface area (Å²) in [5, 5.41) is 53.2. The van der Waals surface area contributed by atoms with Gasteiger partial charge in [0.1, 0.15) is 12.2 Å². The van der Waals surface area contributed by atoms with Gasteiger partial charge in [0.15, 0.2) is 0 Å². The first-order valence-electron chi connectivity index (χ1n) is 3.30. The van der Waals surface area contributed by atoms with E-state index in [-0.39, 0.29) is 118 Å². The third-order valence-corrected chi connectivity index (χ3v) is 0.893. The topological polar surface area (TPSA) is 201 Å². The van der Waals surface area contributed by atoms with Crippen LogP contribution in [0.3, 0.4) is 0 Å². The van der Waals surface area contributed by atoms with Gasteiger partial charge < -0.3 is 49.8 Å². The second-order valence-corrected chi connectivity index (χ2v) is 2.08. The molecular weight excluding hydrogens is 324 g/mol. The van der Waals surface area contributed by atoms with Gasteiger partial charge in [-0.1, -0.05) is 0 Å². The predicted molar refractivity (Wildman–Crippen MR) is 32.0 cm³/mol.